The Labute approximate surface area is 85.5 Å². The average Bonchev–Trinajstić information content (AvgIpc) is 2.19. The molecule has 0 heterocycles. The van der Waals surface area contributed by atoms with Gasteiger partial charge in [0.05, 0.1) is 12.3 Å². The molecule has 1 aromatic carbocycles. The lowest BCUT2D eigenvalue weighted by molar-refractivity contribution is 0.314. The standard InChI is InChI=1S/C11H18N2O/c1-13(2)10-6-3-4-7-11(10)14-9-5-8-12/h3-4,6-7H,5,8-9,12H2,1-2H3. The molecule has 3 heteroatoms. The quantitative estimate of drug-likeness (QED) is 0.722. The maximum atomic E-state index is 5.62. The van der Waals surface area contributed by atoms with Crippen LogP contribution < -0.4 is 15.4 Å². The molecule has 0 aromatic heterocycles. The first kappa shape index (κ1) is 10.9. The van der Waals surface area contributed by atoms with E-state index < -0.39 is 0 Å². The number of para-hydroxylation sites is 2. The Hall–Kier alpha value is -1.22. The molecule has 0 bridgehead atoms. The molecule has 1 rings (SSSR count). The minimum atomic E-state index is 0.671. The van der Waals surface area contributed by atoms with Gasteiger partial charge in [0, 0.05) is 14.1 Å². The molecule has 0 saturated carbocycles. The van der Waals surface area contributed by atoms with Gasteiger partial charge in [-0.2, -0.15) is 0 Å². The van der Waals surface area contributed by atoms with E-state index in [2.05, 4.69) is 0 Å². The van der Waals surface area contributed by atoms with Crippen LogP contribution >= 0.6 is 0 Å². The Morgan fingerprint density at radius 2 is 2.00 bits per heavy atom. The van der Waals surface area contributed by atoms with E-state index in [0.717, 1.165) is 17.9 Å². The van der Waals surface area contributed by atoms with E-state index in [4.69, 9.17) is 10.5 Å². The average molecular weight is 194 g/mol. The molecule has 78 valence electrons. The molecule has 0 fully saturated rings. The fourth-order valence-corrected chi connectivity index (χ4v) is 1.21. The molecule has 0 unspecified atom stereocenters. The lowest BCUT2D eigenvalue weighted by Crippen LogP contribution is -2.12. The maximum absolute atomic E-state index is 5.62. The van der Waals surface area contributed by atoms with Gasteiger partial charge in [0.15, 0.2) is 0 Å². The predicted molar refractivity (Wildman–Crippen MR) is 59.9 cm³/mol. The molecule has 0 aliphatic heterocycles. The van der Waals surface area contributed by atoms with Gasteiger partial charge in [0.25, 0.3) is 0 Å². The molecular formula is C11H18N2O. The van der Waals surface area contributed by atoms with Gasteiger partial charge in [-0.3, -0.25) is 0 Å². The monoisotopic (exact) mass is 194 g/mol. The number of ether oxygens (including phenoxy) is 1. The van der Waals surface area contributed by atoms with Crippen LogP contribution in [0.4, 0.5) is 5.69 Å². The minimum Gasteiger partial charge on any atom is -0.491 e. The molecule has 0 spiro atoms. The Balaban J connectivity index is 2.64. The third-order valence-electron chi connectivity index (χ3n) is 1.95. The van der Waals surface area contributed by atoms with Crippen molar-refractivity contribution in [1.82, 2.24) is 0 Å². The summed E-state index contributed by atoms with van der Waals surface area (Å²) in [4.78, 5) is 2.04. The van der Waals surface area contributed by atoms with Crippen LogP contribution in [-0.2, 0) is 0 Å². The number of anilines is 1. The molecule has 0 amide bonds. The van der Waals surface area contributed by atoms with Crippen LogP contribution in [0, 0.1) is 0 Å². The summed E-state index contributed by atoms with van der Waals surface area (Å²) in [5, 5.41) is 0. The van der Waals surface area contributed by atoms with Crippen LogP contribution in [0.2, 0.25) is 0 Å². The van der Waals surface area contributed by atoms with E-state index in [1.807, 2.05) is 43.3 Å². The van der Waals surface area contributed by atoms with Crippen LogP contribution in [0.25, 0.3) is 0 Å². The summed E-state index contributed by atoms with van der Waals surface area (Å²) < 4.78 is 5.62. The van der Waals surface area contributed by atoms with Crippen molar-refractivity contribution in [3.05, 3.63) is 24.3 Å². The van der Waals surface area contributed by atoms with Crippen molar-refractivity contribution in [2.45, 2.75) is 6.42 Å². The Morgan fingerprint density at radius 1 is 1.29 bits per heavy atom. The van der Waals surface area contributed by atoms with Gasteiger partial charge in [-0.25, -0.2) is 0 Å². The number of rotatable bonds is 5. The number of hydrogen-bond acceptors (Lipinski definition) is 3. The van der Waals surface area contributed by atoms with Gasteiger partial charge in [-0.1, -0.05) is 12.1 Å². The van der Waals surface area contributed by atoms with Crippen molar-refractivity contribution >= 4 is 5.69 Å². The lowest BCUT2D eigenvalue weighted by atomic mass is 10.3. The highest BCUT2D eigenvalue weighted by Crippen LogP contribution is 2.25. The van der Waals surface area contributed by atoms with Crippen molar-refractivity contribution in [2.75, 3.05) is 32.1 Å². The van der Waals surface area contributed by atoms with E-state index in [-0.39, 0.29) is 0 Å². The van der Waals surface area contributed by atoms with Crippen LogP contribution in [0.5, 0.6) is 5.75 Å². The van der Waals surface area contributed by atoms with Gasteiger partial charge in [-0.15, -0.1) is 0 Å². The minimum absolute atomic E-state index is 0.671. The molecule has 0 radical (unpaired) electrons. The third-order valence-corrected chi connectivity index (χ3v) is 1.95. The van der Waals surface area contributed by atoms with Gasteiger partial charge in [-0.05, 0) is 25.1 Å². The highest BCUT2D eigenvalue weighted by Gasteiger charge is 2.03. The molecule has 0 atom stereocenters. The zero-order chi connectivity index (χ0) is 10.4. The Bertz CT molecular complexity index is 274. The fourth-order valence-electron chi connectivity index (χ4n) is 1.21. The molecule has 0 aliphatic rings. The first-order valence-corrected chi connectivity index (χ1v) is 4.85. The van der Waals surface area contributed by atoms with Crippen molar-refractivity contribution in [1.29, 1.82) is 0 Å². The molecule has 14 heavy (non-hydrogen) atoms. The molecule has 0 saturated heterocycles. The summed E-state index contributed by atoms with van der Waals surface area (Å²) in [5.41, 5.74) is 6.50. The third kappa shape index (κ3) is 2.92. The Kier molecular flexibility index (Phi) is 4.26. The van der Waals surface area contributed by atoms with Crippen molar-refractivity contribution in [3.63, 3.8) is 0 Å². The number of nitrogens with zero attached hydrogens (tertiary/aromatic N) is 1. The molecular weight excluding hydrogens is 176 g/mol. The summed E-state index contributed by atoms with van der Waals surface area (Å²) in [6.07, 6.45) is 0.891. The van der Waals surface area contributed by atoms with Crippen LogP contribution in [-0.4, -0.2) is 27.2 Å². The van der Waals surface area contributed by atoms with Crippen LogP contribution in [0.1, 0.15) is 6.42 Å². The summed E-state index contributed by atoms with van der Waals surface area (Å²) in [6, 6.07) is 8.00. The van der Waals surface area contributed by atoms with E-state index in [1.165, 1.54) is 0 Å². The normalized spacial score (nSPS) is 9.93. The Morgan fingerprint density at radius 3 is 2.64 bits per heavy atom. The van der Waals surface area contributed by atoms with E-state index >= 15 is 0 Å². The second-order valence-electron chi connectivity index (χ2n) is 3.35. The summed E-state index contributed by atoms with van der Waals surface area (Å²) >= 11 is 0. The zero-order valence-electron chi connectivity index (χ0n) is 8.86. The largest absolute Gasteiger partial charge is 0.491 e. The highest BCUT2D eigenvalue weighted by atomic mass is 16.5. The van der Waals surface area contributed by atoms with Crippen molar-refractivity contribution in [2.24, 2.45) is 5.73 Å². The summed E-state index contributed by atoms with van der Waals surface area (Å²) in [5.74, 6) is 0.922. The predicted octanol–water partition coefficient (Wildman–Crippen LogP) is 1.48. The number of hydrogen-bond donors (Lipinski definition) is 1. The highest BCUT2D eigenvalue weighted by molar-refractivity contribution is 5.57. The molecule has 1 aromatic rings. The topological polar surface area (TPSA) is 38.5 Å². The zero-order valence-corrected chi connectivity index (χ0v) is 8.86. The van der Waals surface area contributed by atoms with Gasteiger partial charge in [0.2, 0.25) is 0 Å². The second-order valence-corrected chi connectivity index (χ2v) is 3.35. The second kappa shape index (κ2) is 5.50. The summed E-state index contributed by atoms with van der Waals surface area (Å²) in [7, 11) is 4.01. The van der Waals surface area contributed by atoms with Crippen LogP contribution in [0.3, 0.4) is 0 Å². The number of nitrogens with two attached hydrogens (primary N) is 1. The van der Waals surface area contributed by atoms with Crippen molar-refractivity contribution < 1.29 is 4.74 Å². The lowest BCUT2D eigenvalue weighted by Gasteiger charge is -2.17. The van der Waals surface area contributed by atoms with Crippen LogP contribution in [0.15, 0.2) is 24.3 Å². The maximum Gasteiger partial charge on any atom is 0.142 e. The summed E-state index contributed by atoms with van der Waals surface area (Å²) in [6.45, 7) is 1.35. The van der Waals surface area contributed by atoms with E-state index in [0.29, 0.717) is 13.2 Å². The van der Waals surface area contributed by atoms with Gasteiger partial charge < -0.3 is 15.4 Å². The fraction of sp³-hybridized carbons (Fsp3) is 0.455. The van der Waals surface area contributed by atoms with Crippen molar-refractivity contribution in [3.8, 4) is 5.75 Å². The van der Waals surface area contributed by atoms with Gasteiger partial charge >= 0.3 is 0 Å². The van der Waals surface area contributed by atoms with E-state index in [1.54, 1.807) is 0 Å². The first-order chi connectivity index (χ1) is 6.75. The molecule has 0 aliphatic carbocycles. The van der Waals surface area contributed by atoms with E-state index in [9.17, 15) is 0 Å². The first-order valence-electron chi connectivity index (χ1n) is 4.85. The number of benzene rings is 1. The SMILES string of the molecule is CN(C)c1ccccc1OCCCN. The molecule has 3 nitrogen and oxygen atoms in total. The molecule has 2 N–H and O–H groups in total. The smallest absolute Gasteiger partial charge is 0.142 e. The van der Waals surface area contributed by atoms with Gasteiger partial charge in [0.1, 0.15) is 5.75 Å².